The molecule has 0 N–H and O–H groups in total. The number of halogens is 1. The Morgan fingerprint density at radius 1 is 1.09 bits per heavy atom. The van der Waals surface area contributed by atoms with E-state index in [2.05, 4.69) is 6.58 Å². The van der Waals surface area contributed by atoms with Crippen molar-refractivity contribution in [3.8, 4) is 5.69 Å². The third-order valence-electron chi connectivity index (χ3n) is 3.43. The molecule has 0 amide bonds. The summed E-state index contributed by atoms with van der Waals surface area (Å²) in [5, 5.41) is 0.941. The van der Waals surface area contributed by atoms with Crippen molar-refractivity contribution in [2.45, 2.75) is 6.54 Å². The number of nitrogens with zero attached hydrogens (tertiary/aromatic N) is 2. The van der Waals surface area contributed by atoms with Crippen LogP contribution in [0.1, 0.15) is 0 Å². The van der Waals surface area contributed by atoms with Crippen molar-refractivity contribution in [3.63, 3.8) is 0 Å². The van der Waals surface area contributed by atoms with E-state index in [0.29, 0.717) is 28.2 Å². The van der Waals surface area contributed by atoms with Crippen LogP contribution in [0.2, 0.25) is 5.02 Å². The fourth-order valence-electron chi connectivity index (χ4n) is 2.47. The average Bonchev–Trinajstić information content (AvgIpc) is 2.52. The summed E-state index contributed by atoms with van der Waals surface area (Å²) in [6, 6.07) is 13.7. The normalized spacial score (nSPS) is 10.8. The van der Waals surface area contributed by atoms with Crippen LogP contribution in [0.4, 0.5) is 0 Å². The summed E-state index contributed by atoms with van der Waals surface area (Å²) in [7, 11) is 0. The van der Waals surface area contributed by atoms with Gasteiger partial charge < -0.3 is 0 Å². The molecule has 22 heavy (non-hydrogen) atoms. The third kappa shape index (κ3) is 2.27. The van der Waals surface area contributed by atoms with Crippen molar-refractivity contribution in [1.82, 2.24) is 9.13 Å². The molecule has 0 aliphatic heterocycles. The van der Waals surface area contributed by atoms with Gasteiger partial charge in [0.2, 0.25) is 0 Å². The predicted octanol–water partition coefficient (Wildman–Crippen LogP) is 2.99. The van der Waals surface area contributed by atoms with Crippen LogP contribution in [0.3, 0.4) is 0 Å². The first-order valence-electron chi connectivity index (χ1n) is 6.75. The molecule has 1 heterocycles. The fourth-order valence-corrected chi connectivity index (χ4v) is 2.65. The molecule has 0 aliphatic carbocycles. The van der Waals surface area contributed by atoms with E-state index < -0.39 is 5.69 Å². The Balaban J connectivity index is 2.48. The number of rotatable bonds is 3. The summed E-state index contributed by atoms with van der Waals surface area (Å²) in [6.07, 6.45) is 1.63. The van der Waals surface area contributed by atoms with E-state index in [1.165, 1.54) is 4.57 Å². The van der Waals surface area contributed by atoms with Crippen LogP contribution < -0.4 is 11.2 Å². The molecule has 0 spiro atoms. The number of para-hydroxylation sites is 1. The summed E-state index contributed by atoms with van der Waals surface area (Å²) in [5.74, 6) is 0. The van der Waals surface area contributed by atoms with Crippen LogP contribution in [0, 0.1) is 0 Å². The van der Waals surface area contributed by atoms with Gasteiger partial charge in [0.1, 0.15) is 0 Å². The largest absolute Gasteiger partial charge is 0.336 e. The van der Waals surface area contributed by atoms with E-state index in [0.717, 1.165) is 4.57 Å². The van der Waals surface area contributed by atoms with Crippen molar-refractivity contribution < 1.29 is 0 Å². The molecule has 1 aromatic heterocycles. The highest BCUT2D eigenvalue weighted by molar-refractivity contribution is 6.30. The molecule has 3 rings (SSSR count). The Labute approximate surface area is 131 Å². The first kappa shape index (κ1) is 14.4. The summed E-state index contributed by atoms with van der Waals surface area (Å²) in [6.45, 7) is 3.99. The van der Waals surface area contributed by atoms with Crippen LogP contribution in [0.25, 0.3) is 16.6 Å². The molecule has 110 valence electrons. The maximum atomic E-state index is 12.7. The highest BCUT2D eigenvalue weighted by Crippen LogP contribution is 2.14. The molecule has 0 unspecified atom stereocenters. The second kappa shape index (κ2) is 5.66. The van der Waals surface area contributed by atoms with Gasteiger partial charge in [-0.3, -0.25) is 9.36 Å². The zero-order valence-corrected chi connectivity index (χ0v) is 12.5. The molecular formula is C17H13ClN2O2. The fraction of sp³-hybridized carbons (Fsp3) is 0.0588. The summed E-state index contributed by atoms with van der Waals surface area (Å²) < 4.78 is 2.66. The number of allylic oxidation sites excluding steroid dienone is 1. The van der Waals surface area contributed by atoms with Crippen LogP contribution in [-0.4, -0.2) is 9.13 Å². The number of hydrogen-bond acceptors (Lipinski definition) is 2. The molecule has 3 aromatic rings. The number of aromatic nitrogens is 2. The molecule has 4 nitrogen and oxygen atoms in total. The van der Waals surface area contributed by atoms with E-state index in [-0.39, 0.29) is 5.56 Å². The Kier molecular flexibility index (Phi) is 3.69. The number of hydrogen-bond donors (Lipinski definition) is 0. The molecule has 0 bridgehead atoms. The molecule has 5 heteroatoms. The second-order valence-corrected chi connectivity index (χ2v) is 5.26. The minimum absolute atomic E-state index is 0.320. The Morgan fingerprint density at radius 2 is 1.86 bits per heavy atom. The lowest BCUT2D eigenvalue weighted by atomic mass is 10.2. The van der Waals surface area contributed by atoms with Crippen molar-refractivity contribution in [1.29, 1.82) is 0 Å². The van der Waals surface area contributed by atoms with Gasteiger partial charge in [-0.25, -0.2) is 9.36 Å². The summed E-state index contributed by atoms with van der Waals surface area (Å²) in [5.41, 5.74) is 0.274. The third-order valence-corrected chi connectivity index (χ3v) is 3.66. The molecule has 0 radical (unpaired) electrons. The smallest absolute Gasteiger partial charge is 0.289 e. The topological polar surface area (TPSA) is 44.0 Å². The Bertz CT molecular complexity index is 986. The highest BCUT2D eigenvalue weighted by Gasteiger charge is 2.13. The summed E-state index contributed by atoms with van der Waals surface area (Å²) in [4.78, 5) is 25.4. The SMILES string of the molecule is C=CCn1c(=O)n(-c2cccc(Cl)c2)c(=O)c2ccccc21. The van der Waals surface area contributed by atoms with Gasteiger partial charge in [0.05, 0.1) is 16.6 Å². The van der Waals surface area contributed by atoms with E-state index in [9.17, 15) is 9.59 Å². The van der Waals surface area contributed by atoms with Crippen LogP contribution in [-0.2, 0) is 6.54 Å². The van der Waals surface area contributed by atoms with Gasteiger partial charge in [-0.05, 0) is 30.3 Å². The minimum atomic E-state index is -0.411. The standard InChI is InChI=1S/C17H13ClN2O2/c1-2-10-19-15-9-4-3-8-14(15)16(21)20(17(19)22)13-7-5-6-12(18)11-13/h2-9,11H,1,10H2. The predicted molar refractivity (Wildman–Crippen MR) is 89.0 cm³/mol. The molecule has 0 fully saturated rings. The van der Waals surface area contributed by atoms with Gasteiger partial charge in [-0.1, -0.05) is 35.9 Å². The molecule has 0 atom stereocenters. The zero-order valence-electron chi connectivity index (χ0n) is 11.7. The van der Waals surface area contributed by atoms with Crippen molar-refractivity contribution in [2.24, 2.45) is 0 Å². The van der Waals surface area contributed by atoms with Crippen LogP contribution >= 0.6 is 11.6 Å². The van der Waals surface area contributed by atoms with Crippen LogP contribution in [0.15, 0.2) is 70.8 Å². The first-order valence-corrected chi connectivity index (χ1v) is 7.12. The Hall–Kier alpha value is -2.59. The maximum absolute atomic E-state index is 12.7. The van der Waals surface area contributed by atoms with Crippen molar-refractivity contribution in [3.05, 3.63) is 87.0 Å². The molecule has 0 saturated heterocycles. The van der Waals surface area contributed by atoms with E-state index in [1.807, 2.05) is 0 Å². The molecule has 0 aliphatic rings. The number of fused-ring (bicyclic) bond motifs is 1. The lowest BCUT2D eigenvalue weighted by Gasteiger charge is -2.12. The van der Waals surface area contributed by atoms with Gasteiger partial charge in [0, 0.05) is 11.6 Å². The van der Waals surface area contributed by atoms with Gasteiger partial charge in [0.25, 0.3) is 5.56 Å². The molecule has 0 saturated carbocycles. The monoisotopic (exact) mass is 312 g/mol. The van der Waals surface area contributed by atoms with Crippen molar-refractivity contribution >= 4 is 22.5 Å². The van der Waals surface area contributed by atoms with E-state index in [4.69, 9.17) is 11.6 Å². The van der Waals surface area contributed by atoms with Gasteiger partial charge in [-0.2, -0.15) is 0 Å². The first-order chi connectivity index (χ1) is 10.6. The second-order valence-electron chi connectivity index (χ2n) is 4.82. The quantitative estimate of drug-likeness (QED) is 0.698. The maximum Gasteiger partial charge on any atom is 0.336 e. The van der Waals surface area contributed by atoms with Gasteiger partial charge in [0.15, 0.2) is 0 Å². The minimum Gasteiger partial charge on any atom is -0.289 e. The average molecular weight is 313 g/mol. The zero-order chi connectivity index (χ0) is 15.7. The lowest BCUT2D eigenvalue weighted by Crippen LogP contribution is -2.38. The number of benzene rings is 2. The van der Waals surface area contributed by atoms with Gasteiger partial charge >= 0.3 is 5.69 Å². The Morgan fingerprint density at radius 3 is 2.59 bits per heavy atom. The van der Waals surface area contributed by atoms with Crippen molar-refractivity contribution in [2.75, 3.05) is 0 Å². The summed E-state index contributed by atoms with van der Waals surface area (Å²) >= 11 is 5.98. The van der Waals surface area contributed by atoms with E-state index in [1.54, 1.807) is 54.6 Å². The molecule has 2 aromatic carbocycles. The highest BCUT2D eigenvalue weighted by atomic mass is 35.5. The lowest BCUT2D eigenvalue weighted by molar-refractivity contribution is 0.728. The van der Waals surface area contributed by atoms with E-state index >= 15 is 0 Å². The van der Waals surface area contributed by atoms with Gasteiger partial charge in [-0.15, -0.1) is 6.58 Å². The molecular weight excluding hydrogens is 300 g/mol. The van der Waals surface area contributed by atoms with Crippen LogP contribution in [0.5, 0.6) is 0 Å².